The zero-order valence-electron chi connectivity index (χ0n) is 19.5. The lowest BCUT2D eigenvalue weighted by Gasteiger charge is -2.46. The fraction of sp³-hybridized carbons (Fsp3) is 0.179. The third kappa shape index (κ3) is 3.39. The first-order valence-corrected chi connectivity index (χ1v) is 12.0. The molecule has 0 radical (unpaired) electrons. The van der Waals surface area contributed by atoms with Gasteiger partial charge in [0.25, 0.3) is 0 Å². The third-order valence-electron chi connectivity index (χ3n) is 7.07. The number of fused-ring (bicyclic) bond motifs is 3. The predicted molar refractivity (Wildman–Crippen MR) is 139 cm³/mol. The van der Waals surface area contributed by atoms with Crippen molar-refractivity contribution in [2.45, 2.75) is 31.4 Å². The van der Waals surface area contributed by atoms with Crippen LogP contribution in [-0.2, 0) is 0 Å². The number of benzene rings is 3. The summed E-state index contributed by atoms with van der Waals surface area (Å²) in [5.74, 6) is -0.362. The minimum atomic E-state index is -1.97. The van der Waals surface area contributed by atoms with Crippen LogP contribution in [0.15, 0.2) is 83.6 Å². The van der Waals surface area contributed by atoms with Crippen LogP contribution in [0.2, 0.25) is 10.0 Å². The maximum absolute atomic E-state index is 13.2. The molecule has 3 atom stereocenters. The molecule has 0 aromatic heterocycles. The molecule has 0 spiro atoms. The third-order valence-corrected chi connectivity index (χ3v) is 7.56. The van der Waals surface area contributed by atoms with Gasteiger partial charge in [-0.3, -0.25) is 10.1 Å². The molecule has 2 aliphatic rings. The summed E-state index contributed by atoms with van der Waals surface area (Å²) in [4.78, 5) is 12.8. The van der Waals surface area contributed by atoms with E-state index in [9.17, 15) is 15.4 Å². The summed E-state index contributed by atoms with van der Waals surface area (Å²) in [6.07, 6.45) is -1.09. The van der Waals surface area contributed by atoms with Crippen LogP contribution in [0, 0.1) is 28.4 Å². The van der Waals surface area contributed by atoms with Crippen LogP contribution < -0.4 is 10.5 Å². The van der Waals surface area contributed by atoms with E-state index in [1.165, 1.54) is 0 Å². The Morgan fingerprint density at radius 3 is 2.28 bits per heavy atom. The van der Waals surface area contributed by atoms with E-state index in [0.717, 1.165) is 5.56 Å². The van der Waals surface area contributed by atoms with Crippen molar-refractivity contribution < 1.29 is 9.66 Å². The molecule has 1 heterocycles. The smallest absolute Gasteiger partial charge is 0.312 e. The lowest BCUT2D eigenvalue weighted by Crippen LogP contribution is -2.59. The molecule has 0 fully saturated rings. The molecule has 2 N–H and O–H groups in total. The average Bonchev–Trinajstić information content (AvgIpc) is 2.86. The van der Waals surface area contributed by atoms with Crippen LogP contribution in [0.4, 0.5) is 0 Å². The van der Waals surface area contributed by atoms with Gasteiger partial charge in [0, 0.05) is 31.7 Å². The summed E-state index contributed by atoms with van der Waals surface area (Å²) < 4.78 is 6.35. The topological polar surface area (TPSA) is 102 Å². The molecule has 0 saturated carbocycles. The predicted octanol–water partition coefficient (Wildman–Crippen LogP) is 6.76. The highest BCUT2D eigenvalue weighted by Crippen LogP contribution is 2.60. The Bertz CT molecular complexity index is 1500. The van der Waals surface area contributed by atoms with Gasteiger partial charge in [-0.05, 0) is 55.3 Å². The molecule has 1 aliphatic carbocycles. The van der Waals surface area contributed by atoms with Crippen LogP contribution >= 0.6 is 23.2 Å². The van der Waals surface area contributed by atoms with E-state index in [-0.39, 0.29) is 11.3 Å². The van der Waals surface area contributed by atoms with Crippen LogP contribution in [0.5, 0.6) is 5.75 Å². The summed E-state index contributed by atoms with van der Waals surface area (Å²) in [5, 5.41) is 24.4. The molecule has 0 amide bonds. The van der Waals surface area contributed by atoms with Gasteiger partial charge < -0.3 is 10.5 Å². The van der Waals surface area contributed by atoms with Crippen molar-refractivity contribution in [1.82, 2.24) is 0 Å². The van der Waals surface area contributed by atoms with Gasteiger partial charge in [-0.1, -0.05) is 65.2 Å². The lowest BCUT2D eigenvalue weighted by molar-refractivity contribution is -0.576. The number of aryl methyl sites for hydroxylation is 1. The fourth-order valence-electron chi connectivity index (χ4n) is 5.46. The molecule has 3 aromatic carbocycles. The van der Waals surface area contributed by atoms with Gasteiger partial charge >= 0.3 is 5.54 Å². The lowest BCUT2D eigenvalue weighted by atomic mass is 9.61. The standard InChI is InChI=1S/C28H21Cl2N3O3/c1-15-3-5-18(6-4-15)27-28(33(34)35)25(21-13-20(30)11-12-23(21)36-27)16(2)24(22(14-31)26(28)32)17-7-9-19(29)10-8-17/h3-13,25,27H,32H2,1-2H3/t25-,27+,28-/m1/s1. The molecule has 0 unspecified atom stereocenters. The maximum Gasteiger partial charge on any atom is 0.312 e. The van der Waals surface area contributed by atoms with E-state index < -0.39 is 22.5 Å². The van der Waals surface area contributed by atoms with Crippen molar-refractivity contribution >= 4 is 28.8 Å². The van der Waals surface area contributed by atoms with Gasteiger partial charge in [0.15, 0.2) is 0 Å². The molecular weight excluding hydrogens is 497 g/mol. The first kappa shape index (κ1) is 23.9. The minimum Gasteiger partial charge on any atom is -0.477 e. The van der Waals surface area contributed by atoms with Gasteiger partial charge in [0.1, 0.15) is 17.5 Å². The molecule has 0 saturated heterocycles. The van der Waals surface area contributed by atoms with Crippen LogP contribution in [0.3, 0.4) is 0 Å². The van der Waals surface area contributed by atoms with Crippen molar-refractivity contribution in [2.24, 2.45) is 5.73 Å². The molecule has 6 nitrogen and oxygen atoms in total. The SMILES string of the molecule is CC1=C(c2ccc(Cl)cc2)C(C#N)=C(N)[C@]2([N+](=O)[O-])[C@H]1c1cc(Cl)ccc1O[C@H]2c1ccc(C)cc1. The number of hydrogen-bond acceptors (Lipinski definition) is 5. The van der Waals surface area contributed by atoms with E-state index in [4.69, 9.17) is 33.7 Å². The second-order valence-corrected chi connectivity index (χ2v) is 9.94. The maximum atomic E-state index is 13.2. The van der Waals surface area contributed by atoms with Gasteiger partial charge in [-0.2, -0.15) is 5.26 Å². The Balaban J connectivity index is 1.90. The number of nitro groups is 1. The van der Waals surface area contributed by atoms with E-state index in [2.05, 4.69) is 6.07 Å². The number of ether oxygens (including phenoxy) is 1. The molecule has 3 aromatic rings. The molecule has 36 heavy (non-hydrogen) atoms. The highest BCUT2D eigenvalue weighted by atomic mass is 35.5. The van der Waals surface area contributed by atoms with Gasteiger partial charge in [-0.15, -0.1) is 0 Å². The Kier molecular flexibility index (Phi) is 5.78. The van der Waals surface area contributed by atoms with Crippen LogP contribution in [0.1, 0.15) is 41.2 Å². The average molecular weight is 518 g/mol. The first-order chi connectivity index (χ1) is 17.2. The quantitative estimate of drug-likeness (QED) is 0.305. The van der Waals surface area contributed by atoms with Gasteiger partial charge in [0.2, 0.25) is 6.10 Å². The Morgan fingerprint density at radius 2 is 1.67 bits per heavy atom. The summed E-state index contributed by atoms with van der Waals surface area (Å²) in [5.41, 5.74) is 8.62. The van der Waals surface area contributed by atoms with Crippen molar-refractivity contribution in [1.29, 1.82) is 5.26 Å². The number of nitrogens with zero attached hydrogens (tertiary/aromatic N) is 2. The summed E-state index contributed by atoms with van der Waals surface area (Å²) in [6.45, 7) is 3.74. The molecule has 8 heteroatoms. The number of nitriles is 1. The first-order valence-electron chi connectivity index (χ1n) is 11.2. The normalized spacial score (nSPS) is 22.9. The fourth-order valence-corrected chi connectivity index (χ4v) is 5.77. The largest absolute Gasteiger partial charge is 0.477 e. The van der Waals surface area contributed by atoms with Crippen molar-refractivity contribution in [3.8, 4) is 11.8 Å². The zero-order valence-corrected chi connectivity index (χ0v) is 21.0. The Labute approximate surface area is 218 Å². The summed E-state index contributed by atoms with van der Waals surface area (Å²) >= 11 is 12.5. The van der Waals surface area contributed by atoms with E-state index in [1.807, 2.05) is 19.1 Å². The Hall–Kier alpha value is -3.79. The van der Waals surface area contributed by atoms with Crippen molar-refractivity contribution in [3.63, 3.8) is 0 Å². The van der Waals surface area contributed by atoms with E-state index in [0.29, 0.717) is 43.6 Å². The highest BCUT2D eigenvalue weighted by Gasteiger charge is 2.67. The molecule has 5 rings (SSSR count). The molecule has 0 bridgehead atoms. The number of rotatable bonds is 3. The van der Waals surface area contributed by atoms with Crippen molar-refractivity contribution in [2.75, 3.05) is 0 Å². The number of nitrogens with two attached hydrogens (primary N) is 1. The molecule has 180 valence electrons. The minimum absolute atomic E-state index is 0.0500. The zero-order chi connectivity index (χ0) is 25.8. The van der Waals surface area contributed by atoms with E-state index >= 15 is 0 Å². The van der Waals surface area contributed by atoms with Gasteiger partial charge in [-0.25, -0.2) is 0 Å². The summed E-state index contributed by atoms with van der Waals surface area (Å²) in [7, 11) is 0. The van der Waals surface area contributed by atoms with Crippen molar-refractivity contribution in [3.05, 3.63) is 126 Å². The number of halogens is 2. The van der Waals surface area contributed by atoms with Crippen LogP contribution in [0.25, 0.3) is 5.57 Å². The highest BCUT2D eigenvalue weighted by molar-refractivity contribution is 6.31. The number of hydrogen-bond donors (Lipinski definition) is 1. The summed E-state index contributed by atoms with van der Waals surface area (Å²) in [6, 6.07) is 21.6. The second kappa shape index (κ2) is 8.70. The monoisotopic (exact) mass is 517 g/mol. The van der Waals surface area contributed by atoms with Crippen LogP contribution in [-0.4, -0.2) is 10.5 Å². The Morgan fingerprint density at radius 1 is 1.03 bits per heavy atom. The van der Waals surface area contributed by atoms with Gasteiger partial charge in [0.05, 0.1) is 11.5 Å². The molecular formula is C28H21Cl2N3O3. The molecule has 1 aliphatic heterocycles. The second-order valence-electron chi connectivity index (χ2n) is 9.07. The van der Waals surface area contributed by atoms with E-state index in [1.54, 1.807) is 61.5 Å². The number of allylic oxidation sites excluding steroid dienone is 2.